The lowest BCUT2D eigenvalue weighted by molar-refractivity contribution is -0.290. The maximum atomic E-state index is 11.7. The average Bonchev–Trinajstić information content (AvgIpc) is 2.95. The van der Waals surface area contributed by atoms with E-state index in [-0.39, 0.29) is 70.4 Å². The number of carbonyl (C=O) groups is 6. The van der Waals surface area contributed by atoms with Gasteiger partial charge in [0.25, 0.3) is 0 Å². The van der Waals surface area contributed by atoms with E-state index in [4.69, 9.17) is 29.8 Å². The summed E-state index contributed by atoms with van der Waals surface area (Å²) in [4.78, 5) is 83.6. The number of ketones is 3. The Bertz CT molecular complexity index is 1360. The molecule has 6 N–H and O–H groups in total. The molecule has 19 heteroatoms. The van der Waals surface area contributed by atoms with Crippen molar-refractivity contribution in [2.45, 2.75) is 213 Å². The minimum atomic E-state index is -1.26. The predicted octanol–water partition coefficient (Wildman–Crippen LogP) is 4.28. The highest BCUT2D eigenvalue weighted by Crippen LogP contribution is 2.39. The third-order valence-electron chi connectivity index (χ3n) is 9.79. The summed E-state index contributed by atoms with van der Waals surface area (Å²) in [6.07, 6.45) is 2.93. The summed E-state index contributed by atoms with van der Waals surface area (Å²) in [6.45, 7) is 33.1. The van der Waals surface area contributed by atoms with Crippen LogP contribution in [-0.4, -0.2) is 175 Å². The number of piperidine rings is 3. The minimum absolute atomic E-state index is 0.230. The van der Waals surface area contributed by atoms with Crippen molar-refractivity contribution in [2.75, 3.05) is 39.5 Å². The molecule has 0 unspecified atom stereocenters. The van der Waals surface area contributed by atoms with Gasteiger partial charge in [-0.25, -0.2) is 0 Å². The lowest BCUT2D eigenvalue weighted by atomic mass is 9.81. The summed E-state index contributed by atoms with van der Waals surface area (Å²) in [5.74, 6) is -2.98. The van der Waals surface area contributed by atoms with Crippen LogP contribution >= 0.6 is 0 Å². The molecule has 0 spiro atoms. The van der Waals surface area contributed by atoms with E-state index in [1.807, 2.05) is 98.3 Å². The molecule has 0 amide bonds. The Labute approximate surface area is 381 Å². The standard InChI is InChI=1S/3C13H25NO3.C6H9NO6/c3*1-11(2)7-10(15)8-12(3,4)14(11)17-9-13(5,6)16;8-4(9)1-7(2-5(10)11)3-6(12)13/h3*16H,7-9H2,1-6H3;1-3H2,(H,8,9)(H,10,11)(H,12,13). The van der Waals surface area contributed by atoms with Crippen LogP contribution in [0.3, 0.4) is 0 Å². The van der Waals surface area contributed by atoms with Crippen LogP contribution < -0.4 is 0 Å². The van der Waals surface area contributed by atoms with Crippen molar-refractivity contribution >= 4 is 35.3 Å². The number of nitrogens with zero attached hydrogens (tertiary/aromatic N) is 4. The Morgan fingerprint density at radius 2 is 0.594 bits per heavy atom. The number of hydrogen-bond acceptors (Lipinski definition) is 16. The molecule has 0 aromatic heterocycles. The normalized spacial score (nSPS) is 21.9. The first-order valence-electron chi connectivity index (χ1n) is 21.6. The highest BCUT2D eigenvalue weighted by molar-refractivity contribution is 5.82. The molecule has 3 saturated heterocycles. The van der Waals surface area contributed by atoms with Crippen molar-refractivity contribution < 1.29 is 73.9 Å². The average molecular weight is 921 g/mol. The number of carboxylic acids is 3. The Kier molecular flexibility index (Phi) is 21.6. The number of hydroxylamine groups is 6. The lowest BCUT2D eigenvalue weighted by Gasteiger charge is -2.51. The van der Waals surface area contributed by atoms with Gasteiger partial charge in [-0.2, -0.15) is 15.2 Å². The molecular weight excluding hydrogens is 837 g/mol. The number of carboxylic acid groups (broad SMARTS) is 3. The van der Waals surface area contributed by atoms with Crippen LogP contribution in [0.5, 0.6) is 0 Å². The largest absolute Gasteiger partial charge is 0.480 e. The number of aliphatic carboxylic acids is 3. The number of Topliss-reactive ketones (excluding diaryl/α,β-unsaturated/α-hetero) is 3. The van der Waals surface area contributed by atoms with E-state index >= 15 is 0 Å². The second kappa shape index (κ2) is 22.7. The van der Waals surface area contributed by atoms with Gasteiger partial charge in [0.1, 0.15) is 17.3 Å². The predicted molar refractivity (Wildman–Crippen MR) is 239 cm³/mol. The molecule has 0 saturated carbocycles. The van der Waals surface area contributed by atoms with Crippen LogP contribution in [0, 0.1) is 0 Å². The smallest absolute Gasteiger partial charge is 0.317 e. The van der Waals surface area contributed by atoms with Crippen LogP contribution in [-0.2, 0) is 43.3 Å². The van der Waals surface area contributed by atoms with Crippen LogP contribution in [0.1, 0.15) is 163 Å². The van der Waals surface area contributed by atoms with Crippen molar-refractivity contribution in [1.82, 2.24) is 20.1 Å². The zero-order valence-corrected chi connectivity index (χ0v) is 42.1. The van der Waals surface area contributed by atoms with Gasteiger partial charge in [-0.1, -0.05) is 0 Å². The van der Waals surface area contributed by atoms with E-state index in [2.05, 4.69) is 0 Å². The van der Waals surface area contributed by atoms with Gasteiger partial charge in [-0.3, -0.25) is 48.2 Å². The fourth-order valence-electron chi connectivity index (χ4n) is 8.43. The van der Waals surface area contributed by atoms with Crippen LogP contribution in [0.4, 0.5) is 0 Å². The second-order valence-corrected chi connectivity index (χ2v) is 23.0. The maximum Gasteiger partial charge on any atom is 0.317 e. The number of hydrogen-bond donors (Lipinski definition) is 6. The van der Waals surface area contributed by atoms with E-state index in [0.29, 0.717) is 38.5 Å². The molecular formula is C45H84N4O15. The molecule has 374 valence electrons. The van der Waals surface area contributed by atoms with Gasteiger partial charge in [0.05, 0.1) is 56.3 Å². The van der Waals surface area contributed by atoms with Crippen molar-refractivity contribution in [3.8, 4) is 0 Å². The molecule has 3 fully saturated rings. The van der Waals surface area contributed by atoms with Crippen LogP contribution in [0.15, 0.2) is 0 Å². The lowest BCUT2D eigenvalue weighted by Crippen LogP contribution is -2.61. The fourth-order valence-corrected chi connectivity index (χ4v) is 8.43. The number of rotatable bonds is 15. The Morgan fingerprint density at radius 3 is 0.719 bits per heavy atom. The third kappa shape index (κ3) is 23.0. The zero-order valence-electron chi connectivity index (χ0n) is 42.1. The van der Waals surface area contributed by atoms with E-state index in [1.165, 1.54) is 0 Å². The third-order valence-corrected chi connectivity index (χ3v) is 9.79. The van der Waals surface area contributed by atoms with Crippen LogP contribution in [0.25, 0.3) is 0 Å². The highest BCUT2D eigenvalue weighted by Gasteiger charge is 2.49. The molecule has 3 aliphatic heterocycles. The first kappa shape index (κ1) is 61.0. The Balaban J connectivity index is 0.000000832. The first-order chi connectivity index (χ1) is 28.2. The summed E-state index contributed by atoms with van der Waals surface area (Å²) in [7, 11) is 0. The SMILES string of the molecule is CC(C)(O)CON1C(C)(C)CC(=O)CC1(C)C.CC(C)(O)CON1C(C)(C)CC(=O)CC1(C)C.CC(C)(O)CON1C(C)(C)CC(=O)CC1(C)C.O=C(O)CN(CC(=O)O)CC(=O)O. The number of aliphatic hydroxyl groups is 3. The maximum absolute atomic E-state index is 11.7. The molecule has 0 atom stereocenters. The molecule has 64 heavy (non-hydrogen) atoms. The summed E-state index contributed by atoms with van der Waals surface area (Å²) in [5.41, 5.74) is -4.58. The van der Waals surface area contributed by atoms with Crippen LogP contribution in [0.2, 0.25) is 0 Å². The zero-order chi connectivity index (χ0) is 50.9. The van der Waals surface area contributed by atoms with Gasteiger partial charge >= 0.3 is 17.9 Å². The highest BCUT2D eigenvalue weighted by atomic mass is 16.7. The van der Waals surface area contributed by atoms with Crippen molar-refractivity contribution in [3.63, 3.8) is 0 Å². The molecule has 3 heterocycles. The van der Waals surface area contributed by atoms with Crippen molar-refractivity contribution in [3.05, 3.63) is 0 Å². The van der Waals surface area contributed by atoms with Gasteiger partial charge in [-0.15, -0.1) is 0 Å². The van der Waals surface area contributed by atoms with E-state index in [1.54, 1.807) is 41.5 Å². The summed E-state index contributed by atoms with van der Waals surface area (Å²) in [6, 6.07) is 0. The van der Waals surface area contributed by atoms with E-state index in [0.717, 1.165) is 4.90 Å². The molecule has 0 aromatic carbocycles. The van der Waals surface area contributed by atoms with Gasteiger partial charge < -0.3 is 30.6 Å². The minimum Gasteiger partial charge on any atom is -0.480 e. The molecule has 0 radical (unpaired) electrons. The number of carbonyl (C=O) groups excluding carboxylic acids is 3. The van der Waals surface area contributed by atoms with Gasteiger partial charge in [0.2, 0.25) is 0 Å². The van der Waals surface area contributed by atoms with E-state index in [9.17, 15) is 44.1 Å². The molecule has 3 aliphatic rings. The molecule has 3 rings (SSSR count). The molecule has 0 aromatic rings. The Morgan fingerprint density at radius 1 is 0.438 bits per heavy atom. The Hall–Kier alpha value is -2.98. The van der Waals surface area contributed by atoms with Gasteiger partial charge in [0, 0.05) is 71.8 Å². The molecule has 19 nitrogen and oxygen atoms in total. The fraction of sp³-hybridized carbons (Fsp3) is 0.867. The first-order valence-corrected chi connectivity index (χ1v) is 21.6. The van der Waals surface area contributed by atoms with Crippen molar-refractivity contribution in [1.29, 1.82) is 0 Å². The second-order valence-electron chi connectivity index (χ2n) is 23.0. The quantitative estimate of drug-likeness (QED) is 0.134. The topological polar surface area (TPSA) is 264 Å². The van der Waals surface area contributed by atoms with Crippen molar-refractivity contribution in [2.24, 2.45) is 0 Å². The van der Waals surface area contributed by atoms with E-state index < -0.39 is 54.3 Å². The molecule has 0 bridgehead atoms. The summed E-state index contributed by atoms with van der Waals surface area (Å²) >= 11 is 0. The monoisotopic (exact) mass is 921 g/mol. The van der Waals surface area contributed by atoms with Gasteiger partial charge in [0.15, 0.2) is 0 Å². The summed E-state index contributed by atoms with van der Waals surface area (Å²) in [5, 5.41) is 59.6. The van der Waals surface area contributed by atoms with Gasteiger partial charge in [-0.05, 0) is 125 Å². The molecule has 0 aliphatic carbocycles. The summed E-state index contributed by atoms with van der Waals surface area (Å²) < 4.78 is 0.